The Balaban J connectivity index is 1.65. The number of amides is 1. The molecule has 0 aromatic heterocycles. The molecular weight excluding hydrogens is 288 g/mol. The highest BCUT2D eigenvalue weighted by atomic mass is 19.1. The summed E-state index contributed by atoms with van der Waals surface area (Å²) in [4.78, 5) is 16.2. The highest BCUT2D eigenvalue weighted by Crippen LogP contribution is 2.22. The molecule has 2 saturated heterocycles. The molecule has 1 atom stereocenters. The molecule has 120 valence electrons. The fourth-order valence-corrected chi connectivity index (χ4v) is 3.23. The van der Waals surface area contributed by atoms with Crippen molar-refractivity contribution in [1.82, 2.24) is 10.2 Å². The summed E-state index contributed by atoms with van der Waals surface area (Å²) < 4.78 is 26.9. The molecule has 2 heterocycles. The first kappa shape index (κ1) is 15.2. The Labute approximate surface area is 129 Å². The second-order valence-corrected chi connectivity index (χ2v) is 5.91. The van der Waals surface area contributed by atoms with Crippen LogP contribution in [0, 0.1) is 11.6 Å². The summed E-state index contributed by atoms with van der Waals surface area (Å²) in [7, 11) is 0. The Morgan fingerprint density at radius 2 is 2.00 bits per heavy atom. The van der Waals surface area contributed by atoms with Crippen molar-refractivity contribution in [3.05, 3.63) is 29.8 Å². The molecule has 2 aliphatic rings. The Morgan fingerprint density at radius 3 is 2.73 bits per heavy atom. The molecule has 0 spiro atoms. The number of nitrogens with zero attached hydrogens (tertiary/aromatic N) is 2. The summed E-state index contributed by atoms with van der Waals surface area (Å²) in [6, 6.07) is 3.59. The second kappa shape index (κ2) is 6.60. The van der Waals surface area contributed by atoms with E-state index in [-0.39, 0.29) is 11.9 Å². The molecule has 22 heavy (non-hydrogen) atoms. The molecule has 1 aromatic rings. The number of hydrogen-bond acceptors (Lipinski definition) is 3. The number of anilines is 1. The van der Waals surface area contributed by atoms with Gasteiger partial charge in [-0.3, -0.25) is 4.79 Å². The van der Waals surface area contributed by atoms with Gasteiger partial charge in [0, 0.05) is 32.2 Å². The van der Waals surface area contributed by atoms with Gasteiger partial charge in [0.1, 0.15) is 11.6 Å². The fourth-order valence-electron chi connectivity index (χ4n) is 3.23. The van der Waals surface area contributed by atoms with Crippen molar-refractivity contribution in [3.8, 4) is 0 Å². The summed E-state index contributed by atoms with van der Waals surface area (Å²) in [5.74, 6) is -0.962. The first-order valence-corrected chi connectivity index (χ1v) is 7.87. The van der Waals surface area contributed by atoms with Gasteiger partial charge in [0.25, 0.3) is 0 Å². The van der Waals surface area contributed by atoms with Crippen LogP contribution in [0.3, 0.4) is 0 Å². The number of hydrogen-bond donors (Lipinski definition) is 1. The maximum Gasteiger partial charge on any atom is 0.239 e. The van der Waals surface area contributed by atoms with Gasteiger partial charge in [0.15, 0.2) is 0 Å². The van der Waals surface area contributed by atoms with E-state index in [2.05, 4.69) is 5.32 Å². The van der Waals surface area contributed by atoms with E-state index in [0.717, 1.165) is 31.9 Å². The van der Waals surface area contributed by atoms with Crippen LogP contribution in [0.4, 0.5) is 14.5 Å². The number of nitrogens with one attached hydrogen (secondary N) is 1. The summed E-state index contributed by atoms with van der Waals surface area (Å²) in [5, 5.41) is 3.23. The lowest BCUT2D eigenvalue weighted by Gasteiger charge is -2.25. The molecule has 1 amide bonds. The van der Waals surface area contributed by atoms with E-state index < -0.39 is 11.6 Å². The molecule has 0 radical (unpaired) electrons. The zero-order valence-corrected chi connectivity index (χ0v) is 12.5. The Bertz CT molecular complexity index is 546. The van der Waals surface area contributed by atoms with Crippen molar-refractivity contribution in [2.24, 2.45) is 0 Å². The normalized spacial score (nSPS) is 22.7. The zero-order valence-electron chi connectivity index (χ0n) is 12.5. The third kappa shape index (κ3) is 3.21. The van der Waals surface area contributed by atoms with Crippen LogP contribution >= 0.6 is 0 Å². The third-order valence-corrected chi connectivity index (χ3v) is 4.42. The van der Waals surface area contributed by atoms with Crippen LogP contribution in [-0.4, -0.2) is 49.6 Å². The summed E-state index contributed by atoms with van der Waals surface area (Å²) >= 11 is 0. The second-order valence-electron chi connectivity index (χ2n) is 5.91. The van der Waals surface area contributed by atoms with Crippen molar-refractivity contribution < 1.29 is 13.6 Å². The molecule has 0 saturated carbocycles. The minimum absolute atomic E-state index is 0.0610. The fraction of sp³-hybridized carbons (Fsp3) is 0.562. The lowest BCUT2D eigenvalue weighted by molar-refractivity contribution is -0.132. The maximum atomic E-state index is 13.9. The molecule has 2 aliphatic heterocycles. The van der Waals surface area contributed by atoms with Crippen molar-refractivity contribution in [2.45, 2.75) is 25.3 Å². The largest absolute Gasteiger partial charge is 0.367 e. The predicted molar refractivity (Wildman–Crippen MR) is 80.8 cm³/mol. The van der Waals surface area contributed by atoms with E-state index in [1.165, 1.54) is 12.1 Å². The zero-order chi connectivity index (χ0) is 15.5. The summed E-state index contributed by atoms with van der Waals surface area (Å²) in [6.07, 6.45) is 2.72. The molecule has 2 fully saturated rings. The monoisotopic (exact) mass is 309 g/mol. The van der Waals surface area contributed by atoms with Gasteiger partial charge in [0.05, 0.1) is 11.7 Å². The number of halogens is 2. The quantitative estimate of drug-likeness (QED) is 0.904. The van der Waals surface area contributed by atoms with Crippen LogP contribution in [-0.2, 0) is 4.79 Å². The van der Waals surface area contributed by atoms with E-state index in [0.29, 0.717) is 31.9 Å². The summed E-state index contributed by atoms with van der Waals surface area (Å²) in [5.41, 5.74) is 0.412. The van der Waals surface area contributed by atoms with Gasteiger partial charge in [-0.25, -0.2) is 8.78 Å². The van der Waals surface area contributed by atoms with Gasteiger partial charge in [-0.15, -0.1) is 0 Å². The van der Waals surface area contributed by atoms with Gasteiger partial charge in [0.2, 0.25) is 5.91 Å². The number of rotatable bonds is 2. The first-order chi connectivity index (χ1) is 10.6. The van der Waals surface area contributed by atoms with Crippen LogP contribution in [0.15, 0.2) is 18.2 Å². The highest BCUT2D eigenvalue weighted by Gasteiger charge is 2.28. The number of benzene rings is 1. The molecule has 1 N–H and O–H groups in total. The van der Waals surface area contributed by atoms with Gasteiger partial charge in [-0.1, -0.05) is 0 Å². The van der Waals surface area contributed by atoms with Crippen LogP contribution in [0.1, 0.15) is 19.3 Å². The Morgan fingerprint density at radius 1 is 1.14 bits per heavy atom. The molecule has 0 unspecified atom stereocenters. The minimum atomic E-state index is -0.569. The van der Waals surface area contributed by atoms with Crippen molar-refractivity contribution in [3.63, 3.8) is 0 Å². The molecule has 6 heteroatoms. The molecule has 0 aliphatic carbocycles. The van der Waals surface area contributed by atoms with Crippen molar-refractivity contribution in [1.29, 1.82) is 0 Å². The van der Waals surface area contributed by atoms with Gasteiger partial charge in [-0.2, -0.15) is 0 Å². The van der Waals surface area contributed by atoms with E-state index in [9.17, 15) is 13.6 Å². The van der Waals surface area contributed by atoms with Gasteiger partial charge in [-0.05, 0) is 37.9 Å². The average molecular weight is 309 g/mol. The summed E-state index contributed by atoms with van der Waals surface area (Å²) in [6.45, 7) is 3.41. The van der Waals surface area contributed by atoms with E-state index in [4.69, 9.17) is 0 Å². The van der Waals surface area contributed by atoms with Crippen LogP contribution in [0.5, 0.6) is 0 Å². The smallest absolute Gasteiger partial charge is 0.239 e. The van der Waals surface area contributed by atoms with E-state index >= 15 is 0 Å². The first-order valence-electron chi connectivity index (χ1n) is 7.87. The maximum absolute atomic E-state index is 13.9. The van der Waals surface area contributed by atoms with E-state index in [1.54, 1.807) is 0 Å². The van der Waals surface area contributed by atoms with Gasteiger partial charge < -0.3 is 15.1 Å². The van der Waals surface area contributed by atoms with Crippen molar-refractivity contribution in [2.75, 3.05) is 37.6 Å². The average Bonchev–Trinajstić information content (AvgIpc) is 2.92. The third-order valence-electron chi connectivity index (χ3n) is 4.42. The molecule has 4 nitrogen and oxygen atoms in total. The number of carbonyl (C=O) groups is 1. The minimum Gasteiger partial charge on any atom is -0.367 e. The molecule has 0 bridgehead atoms. The van der Waals surface area contributed by atoms with Crippen molar-refractivity contribution >= 4 is 11.6 Å². The predicted octanol–water partition coefficient (Wildman–Crippen LogP) is 1.76. The van der Waals surface area contributed by atoms with Gasteiger partial charge >= 0.3 is 0 Å². The highest BCUT2D eigenvalue weighted by molar-refractivity contribution is 5.82. The SMILES string of the molecule is O=C([C@@H]1CCCN1)N1CCCN(c2ccc(F)cc2F)CC1. The van der Waals surface area contributed by atoms with Crippen LogP contribution < -0.4 is 10.2 Å². The molecule has 1 aromatic carbocycles. The molecular formula is C16H21F2N3O. The lowest BCUT2D eigenvalue weighted by Crippen LogP contribution is -2.45. The Hall–Kier alpha value is -1.69. The topological polar surface area (TPSA) is 35.6 Å². The standard InChI is InChI=1S/C16H21F2N3O/c17-12-4-5-15(13(18)11-12)20-7-2-8-21(10-9-20)16(22)14-3-1-6-19-14/h4-5,11,14,19H,1-3,6-10H2/t14-/m0/s1. The molecule has 3 rings (SSSR count). The number of carbonyl (C=O) groups excluding carboxylic acids is 1. The van der Waals surface area contributed by atoms with Crippen LogP contribution in [0.2, 0.25) is 0 Å². The van der Waals surface area contributed by atoms with Crippen LogP contribution in [0.25, 0.3) is 0 Å². The lowest BCUT2D eigenvalue weighted by atomic mass is 10.2. The van der Waals surface area contributed by atoms with E-state index in [1.807, 2.05) is 9.80 Å². The Kier molecular flexibility index (Phi) is 4.57.